The second kappa shape index (κ2) is 7.69. The maximum atomic E-state index is 11.6. The van der Waals surface area contributed by atoms with Gasteiger partial charge < -0.3 is 10.2 Å². The van der Waals surface area contributed by atoms with Crippen LogP contribution in [0.15, 0.2) is 0 Å². The Kier molecular flexibility index (Phi) is 7.39. The van der Waals surface area contributed by atoms with Gasteiger partial charge in [-0.25, -0.2) is 0 Å². The summed E-state index contributed by atoms with van der Waals surface area (Å²) < 4.78 is 0. The first-order chi connectivity index (χ1) is 6.99. The fourth-order valence-corrected chi connectivity index (χ4v) is 1.29. The van der Waals surface area contributed by atoms with Gasteiger partial charge in [0.1, 0.15) is 0 Å². The predicted octanol–water partition coefficient (Wildman–Crippen LogP) is 2.02. The van der Waals surface area contributed by atoms with Crippen molar-refractivity contribution < 1.29 is 4.79 Å². The molecule has 0 saturated heterocycles. The van der Waals surface area contributed by atoms with Gasteiger partial charge in [0.05, 0.1) is 6.54 Å². The van der Waals surface area contributed by atoms with Crippen LogP contribution in [0.5, 0.6) is 0 Å². The van der Waals surface area contributed by atoms with E-state index in [9.17, 15) is 4.79 Å². The van der Waals surface area contributed by atoms with E-state index >= 15 is 0 Å². The fourth-order valence-electron chi connectivity index (χ4n) is 1.29. The largest absolute Gasteiger partial charge is 0.342 e. The summed E-state index contributed by atoms with van der Waals surface area (Å²) in [4.78, 5) is 13.4. The third-order valence-corrected chi connectivity index (χ3v) is 2.76. The summed E-state index contributed by atoms with van der Waals surface area (Å²) in [5.74, 6) is 0.174. The molecule has 0 aromatic carbocycles. The van der Waals surface area contributed by atoms with Gasteiger partial charge in [-0.1, -0.05) is 19.8 Å². The summed E-state index contributed by atoms with van der Waals surface area (Å²) >= 11 is 0. The quantitative estimate of drug-likeness (QED) is 0.703. The van der Waals surface area contributed by atoms with Crippen LogP contribution in [-0.4, -0.2) is 36.5 Å². The van der Waals surface area contributed by atoms with Crippen molar-refractivity contribution in [1.82, 2.24) is 10.2 Å². The lowest BCUT2D eigenvalue weighted by atomic mass is 10.1. The number of rotatable bonds is 7. The highest BCUT2D eigenvalue weighted by atomic mass is 16.2. The van der Waals surface area contributed by atoms with Crippen LogP contribution in [0.3, 0.4) is 0 Å². The first-order valence-electron chi connectivity index (χ1n) is 5.98. The van der Waals surface area contributed by atoms with E-state index in [-0.39, 0.29) is 11.9 Å². The van der Waals surface area contributed by atoms with Crippen molar-refractivity contribution in [3.05, 3.63) is 0 Å². The number of nitrogens with zero attached hydrogens (tertiary/aromatic N) is 1. The predicted molar refractivity (Wildman–Crippen MR) is 64.9 cm³/mol. The lowest BCUT2D eigenvalue weighted by Crippen LogP contribution is -2.41. The summed E-state index contributed by atoms with van der Waals surface area (Å²) in [6.07, 6.45) is 3.59. The molecule has 0 saturated carbocycles. The summed E-state index contributed by atoms with van der Waals surface area (Å²) in [5.41, 5.74) is 0. The Balaban J connectivity index is 3.70. The normalized spacial score (nSPS) is 12.9. The molecule has 1 N–H and O–H groups in total. The van der Waals surface area contributed by atoms with E-state index in [0.717, 1.165) is 6.42 Å². The molecule has 0 rings (SSSR count). The Labute approximate surface area is 94.2 Å². The van der Waals surface area contributed by atoms with Gasteiger partial charge >= 0.3 is 0 Å². The molecular formula is C12H26N2O. The first-order valence-corrected chi connectivity index (χ1v) is 5.98. The van der Waals surface area contributed by atoms with E-state index in [2.05, 4.69) is 19.2 Å². The molecule has 0 heterocycles. The van der Waals surface area contributed by atoms with E-state index in [1.807, 2.05) is 20.9 Å². The van der Waals surface area contributed by atoms with E-state index in [1.54, 1.807) is 4.90 Å². The average molecular weight is 214 g/mol. The van der Waals surface area contributed by atoms with Gasteiger partial charge in [-0.15, -0.1) is 0 Å². The van der Waals surface area contributed by atoms with E-state index in [0.29, 0.717) is 12.6 Å². The van der Waals surface area contributed by atoms with Crippen molar-refractivity contribution >= 4 is 5.91 Å². The van der Waals surface area contributed by atoms with E-state index < -0.39 is 0 Å². The molecule has 3 heteroatoms. The monoisotopic (exact) mass is 214 g/mol. The van der Waals surface area contributed by atoms with E-state index in [1.165, 1.54) is 12.8 Å². The highest BCUT2D eigenvalue weighted by molar-refractivity contribution is 5.78. The van der Waals surface area contributed by atoms with E-state index in [4.69, 9.17) is 0 Å². The van der Waals surface area contributed by atoms with Gasteiger partial charge in [0.25, 0.3) is 0 Å². The Hall–Kier alpha value is -0.570. The molecule has 1 amide bonds. The third kappa shape index (κ3) is 6.50. The van der Waals surface area contributed by atoms with Crippen LogP contribution in [0.1, 0.15) is 47.0 Å². The number of carbonyl (C=O) groups is 1. The molecule has 0 aliphatic rings. The molecule has 0 fully saturated rings. The van der Waals surface area contributed by atoms with Gasteiger partial charge in [0.15, 0.2) is 0 Å². The summed E-state index contributed by atoms with van der Waals surface area (Å²) in [6, 6.07) is 0.722. The maximum absolute atomic E-state index is 11.6. The maximum Gasteiger partial charge on any atom is 0.236 e. The van der Waals surface area contributed by atoms with Crippen LogP contribution >= 0.6 is 0 Å². The molecule has 0 aromatic heterocycles. The van der Waals surface area contributed by atoms with Crippen LogP contribution in [0, 0.1) is 0 Å². The van der Waals surface area contributed by atoms with Gasteiger partial charge in [-0.2, -0.15) is 0 Å². The molecule has 0 aliphatic carbocycles. The molecule has 0 aliphatic heterocycles. The van der Waals surface area contributed by atoms with Crippen molar-refractivity contribution in [2.45, 2.75) is 59.0 Å². The molecule has 1 unspecified atom stereocenters. The Morgan fingerprint density at radius 2 is 1.93 bits per heavy atom. The van der Waals surface area contributed by atoms with Gasteiger partial charge in [-0.3, -0.25) is 4.79 Å². The molecular weight excluding hydrogens is 188 g/mol. The second-order valence-corrected chi connectivity index (χ2v) is 4.52. The number of amides is 1. The Bertz CT molecular complexity index is 180. The molecule has 90 valence electrons. The molecule has 3 nitrogen and oxygen atoms in total. The third-order valence-electron chi connectivity index (χ3n) is 2.76. The number of unbranched alkanes of at least 4 members (excludes halogenated alkanes) is 1. The van der Waals surface area contributed by atoms with Crippen LogP contribution in [0.25, 0.3) is 0 Å². The van der Waals surface area contributed by atoms with Gasteiger partial charge in [0.2, 0.25) is 5.91 Å². The molecule has 0 bridgehead atoms. The van der Waals surface area contributed by atoms with Crippen molar-refractivity contribution in [2.24, 2.45) is 0 Å². The molecule has 15 heavy (non-hydrogen) atoms. The number of likely N-dealkylation sites (N-methyl/N-ethyl adjacent to an activating group) is 1. The Morgan fingerprint density at radius 3 is 2.40 bits per heavy atom. The highest BCUT2D eigenvalue weighted by Gasteiger charge is 2.12. The lowest BCUT2D eigenvalue weighted by molar-refractivity contribution is -0.130. The number of nitrogens with one attached hydrogen (secondary N) is 1. The first kappa shape index (κ1) is 14.4. The van der Waals surface area contributed by atoms with Gasteiger partial charge in [-0.05, 0) is 27.2 Å². The zero-order valence-corrected chi connectivity index (χ0v) is 10.8. The fraction of sp³-hybridized carbons (Fsp3) is 0.917. The average Bonchev–Trinajstić information content (AvgIpc) is 2.21. The SMILES string of the molecule is CCCCC(C)NCC(=O)N(C)C(C)C. The standard InChI is InChI=1S/C12H26N2O/c1-6-7-8-11(4)13-9-12(15)14(5)10(2)3/h10-11,13H,6-9H2,1-5H3. The van der Waals surface area contributed by atoms with Crippen molar-refractivity contribution in [3.63, 3.8) is 0 Å². The zero-order chi connectivity index (χ0) is 11.8. The number of carbonyl (C=O) groups excluding carboxylic acids is 1. The second-order valence-electron chi connectivity index (χ2n) is 4.52. The minimum Gasteiger partial charge on any atom is -0.342 e. The number of hydrogen-bond donors (Lipinski definition) is 1. The Morgan fingerprint density at radius 1 is 1.33 bits per heavy atom. The summed E-state index contributed by atoms with van der Waals surface area (Å²) in [5, 5.41) is 3.26. The topological polar surface area (TPSA) is 32.3 Å². The minimum atomic E-state index is 0.174. The highest BCUT2D eigenvalue weighted by Crippen LogP contribution is 1.99. The van der Waals surface area contributed by atoms with Crippen LogP contribution in [0.4, 0.5) is 0 Å². The van der Waals surface area contributed by atoms with Crippen LogP contribution < -0.4 is 5.32 Å². The summed E-state index contributed by atoms with van der Waals surface area (Å²) in [7, 11) is 1.85. The van der Waals surface area contributed by atoms with Crippen LogP contribution in [0.2, 0.25) is 0 Å². The molecule has 0 aromatic rings. The smallest absolute Gasteiger partial charge is 0.236 e. The van der Waals surface area contributed by atoms with Crippen LogP contribution in [-0.2, 0) is 4.79 Å². The van der Waals surface area contributed by atoms with Crippen molar-refractivity contribution in [1.29, 1.82) is 0 Å². The van der Waals surface area contributed by atoms with Crippen molar-refractivity contribution in [2.75, 3.05) is 13.6 Å². The molecule has 1 atom stereocenters. The van der Waals surface area contributed by atoms with Gasteiger partial charge in [0, 0.05) is 19.1 Å². The van der Waals surface area contributed by atoms with Crippen molar-refractivity contribution in [3.8, 4) is 0 Å². The molecule has 0 spiro atoms. The summed E-state index contributed by atoms with van der Waals surface area (Å²) in [6.45, 7) is 8.83. The number of hydrogen-bond acceptors (Lipinski definition) is 2. The lowest BCUT2D eigenvalue weighted by Gasteiger charge is -2.22. The zero-order valence-electron chi connectivity index (χ0n) is 10.8. The molecule has 0 radical (unpaired) electrons. The minimum absolute atomic E-state index is 0.174.